The van der Waals surface area contributed by atoms with Gasteiger partial charge < -0.3 is 4.74 Å². The first-order chi connectivity index (χ1) is 8.70. The van der Waals surface area contributed by atoms with Crippen molar-refractivity contribution in [1.29, 1.82) is 0 Å². The van der Waals surface area contributed by atoms with Crippen LogP contribution in [0.3, 0.4) is 0 Å². The molecule has 2 aromatic rings. The number of thiazole rings is 1. The largest absolute Gasteiger partial charge is 0.466 e. The van der Waals surface area contributed by atoms with E-state index in [4.69, 9.17) is 16.3 Å². The quantitative estimate of drug-likeness (QED) is 0.804. The Balaban J connectivity index is 2.16. The smallest absolute Gasteiger partial charge is 0.311 e. The van der Waals surface area contributed by atoms with Crippen LogP contribution in [0, 0.1) is 0 Å². The molecule has 0 aliphatic heterocycles. The van der Waals surface area contributed by atoms with Crippen LogP contribution < -0.4 is 0 Å². The highest BCUT2D eigenvalue weighted by atomic mass is 35.5. The Kier molecular flexibility index (Phi) is 4.33. The lowest BCUT2D eigenvalue weighted by Crippen LogP contribution is -2.07. The van der Waals surface area contributed by atoms with E-state index in [1.54, 1.807) is 6.92 Å². The first-order valence-corrected chi connectivity index (χ1v) is 6.81. The molecule has 1 heterocycles. The number of carbonyl (C=O) groups is 1. The minimum Gasteiger partial charge on any atom is -0.466 e. The molecule has 0 fully saturated rings. The molecule has 0 unspecified atom stereocenters. The summed E-state index contributed by atoms with van der Waals surface area (Å²) in [6.45, 7) is 2.18. The molecular weight excluding hydrogens is 270 g/mol. The van der Waals surface area contributed by atoms with Gasteiger partial charge in [-0.25, -0.2) is 4.98 Å². The van der Waals surface area contributed by atoms with Crippen LogP contribution in [0.5, 0.6) is 0 Å². The summed E-state index contributed by atoms with van der Waals surface area (Å²) in [7, 11) is 0. The fourth-order valence-electron chi connectivity index (χ4n) is 1.51. The van der Waals surface area contributed by atoms with E-state index >= 15 is 0 Å². The summed E-state index contributed by atoms with van der Waals surface area (Å²) >= 11 is 7.57. The van der Waals surface area contributed by atoms with Gasteiger partial charge in [-0.15, -0.1) is 11.3 Å². The van der Waals surface area contributed by atoms with Crippen molar-refractivity contribution in [2.75, 3.05) is 6.61 Å². The minimum absolute atomic E-state index is 0.203. The van der Waals surface area contributed by atoms with E-state index in [2.05, 4.69) is 4.98 Å². The summed E-state index contributed by atoms with van der Waals surface area (Å²) in [6, 6.07) is 7.52. The van der Waals surface area contributed by atoms with Crippen molar-refractivity contribution in [3.05, 3.63) is 40.4 Å². The highest BCUT2D eigenvalue weighted by molar-refractivity contribution is 7.13. The zero-order valence-electron chi connectivity index (χ0n) is 9.85. The molecule has 3 nitrogen and oxygen atoms in total. The molecule has 0 radical (unpaired) electrons. The zero-order valence-corrected chi connectivity index (χ0v) is 11.4. The SMILES string of the molecule is CCOC(=O)Cc1csc(-c2ccccc2Cl)n1. The number of hydrogen-bond donors (Lipinski definition) is 0. The second-order valence-electron chi connectivity index (χ2n) is 3.61. The van der Waals surface area contributed by atoms with Crippen molar-refractivity contribution in [1.82, 2.24) is 4.98 Å². The molecule has 5 heteroatoms. The first kappa shape index (κ1) is 13.1. The molecule has 1 aromatic carbocycles. The van der Waals surface area contributed by atoms with E-state index in [0.717, 1.165) is 10.6 Å². The minimum atomic E-state index is -0.256. The van der Waals surface area contributed by atoms with Crippen molar-refractivity contribution >= 4 is 28.9 Å². The van der Waals surface area contributed by atoms with Crippen LogP contribution in [0.2, 0.25) is 5.02 Å². The normalized spacial score (nSPS) is 10.3. The molecule has 94 valence electrons. The Morgan fingerprint density at radius 2 is 2.22 bits per heavy atom. The number of esters is 1. The average molecular weight is 282 g/mol. The molecule has 0 N–H and O–H groups in total. The van der Waals surface area contributed by atoms with Gasteiger partial charge >= 0.3 is 5.97 Å². The van der Waals surface area contributed by atoms with Gasteiger partial charge in [0.05, 0.1) is 23.7 Å². The highest BCUT2D eigenvalue weighted by Crippen LogP contribution is 2.30. The maximum atomic E-state index is 11.3. The van der Waals surface area contributed by atoms with Crippen molar-refractivity contribution < 1.29 is 9.53 Å². The van der Waals surface area contributed by atoms with Crippen LogP contribution in [-0.2, 0) is 16.0 Å². The van der Waals surface area contributed by atoms with Gasteiger partial charge in [0.25, 0.3) is 0 Å². The predicted molar refractivity (Wildman–Crippen MR) is 72.9 cm³/mol. The summed E-state index contributed by atoms with van der Waals surface area (Å²) in [4.78, 5) is 15.7. The van der Waals surface area contributed by atoms with Crippen molar-refractivity contribution in [2.45, 2.75) is 13.3 Å². The van der Waals surface area contributed by atoms with Gasteiger partial charge in [0.2, 0.25) is 0 Å². The molecule has 1 aromatic heterocycles. The Bertz CT molecular complexity index is 553. The van der Waals surface area contributed by atoms with Gasteiger partial charge in [-0.05, 0) is 13.0 Å². The number of aromatic nitrogens is 1. The Morgan fingerprint density at radius 1 is 1.44 bits per heavy atom. The Hall–Kier alpha value is -1.39. The van der Waals surface area contributed by atoms with E-state index in [1.807, 2.05) is 29.6 Å². The standard InChI is InChI=1S/C13H12ClNO2S/c1-2-17-12(16)7-9-8-18-13(15-9)10-5-3-4-6-11(10)14/h3-6,8H,2,7H2,1H3. The average Bonchev–Trinajstić information content (AvgIpc) is 2.78. The number of carbonyl (C=O) groups excluding carboxylic acids is 1. The molecule has 0 aliphatic rings. The number of nitrogens with zero attached hydrogens (tertiary/aromatic N) is 1. The lowest BCUT2D eigenvalue weighted by molar-refractivity contribution is -0.142. The van der Waals surface area contributed by atoms with Gasteiger partial charge in [0.1, 0.15) is 5.01 Å². The van der Waals surface area contributed by atoms with Gasteiger partial charge in [-0.2, -0.15) is 0 Å². The lowest BCUT2D eigenvalue weighted by Gasteiger charge is -1.99. The summed E-state index contributed by atoms with van der Waals surface area (Å²) in [6.07, 6.45) is 0.203. The number of rotatable bonds is 4. The van der Waals surface area contributed by atoms with Gasteiger partial charge in [0.15, 0.2) is 0 Å². The van der Waals surface area contributed by atoms with Gasteiger partial charge in [-0.3, -0.25) is 4.79 Å². The fourth-order valence-corrected chi connectivity index (χ4v) is 2.65. The summed E-state index contributed by atoms with van der Waals surface area (Å²) in [5.41, 5.74) is 1.60. The second-order valence-corrected chi connectivity index (χ2v) is 4.87. The zero-order chi connectivity index (χ0) is 13.0. The molecule has 2 rings (SSSR count). The van der Waals surface area contributed by atoms with Crippen LogP contribution in [0.4, 0.5) is 0 Å². The lowest BCUT2D eigenvalue weighted by atomic mass is 10.2. The maximum absolute atomic E-state index is 11.3. The summed E-state index contributed by atoms with van der Waals surface area (Å²) in [5.74, 6) is -0.256. The third kappa shape index (κ3) is 3.09. The predicted octanol–water partition coefficient (Wildman–Crippen LogP) is 3.57. The van der Waals surface area contributed by atoms with E-state index in [-0.39, 0.29) is 12.4 Å². The topological polar surface area (TPSA) is 39.2 Å². The number of hydrogen-bond acceptors (Lipinski definition) is 4. The van der Waals surface area contributed by atoms with Gasteiger partial charge in [0, 0.05) is 10.9 Å². The first-order valence-electron chi connectivity index (χ1n) is 5.55. The van der Waals surface area contributed by atoms with E-state index in [1.165, 1.54) is 11.3 Å². The number of halogens is 1. The molecular formula is C13H12ClNO2S. The summed E-state index contributed by atoms with van der Waals surface area (Å²) in [5, 5.41) is 3.34. The van der Waals surface area contributed by atoms with Crippen LogP contribution in [0.15, 0.2) is 29.6 Å². The van der Waals surface area contributed by atoms with Crippen molar-refractivity contribution in [3.8, 4) is 10.6 Å². The van der Waals surface area contributed by atoms with E-state index in [9.17, 15) is 4.79 Å². The number of ether oxygens (including phenoxy) is 1. The van der Waals surface area contributed by atoms with Crippen LogP contribution in [0.25, 0.3) is 10.6 Å². The van der Waals surface area contributed by atoms with Crippen molar-refractivity contribution in [3.63, 3.8) is 0 Å². The van der Waals surface area contributed by atoms with Crippen LogP contribution in [0.1, 0.15) is 12.6 Å². The Morgan fingerprint density at radius 3 is 2.94 bits per heavy atom. The third-order valence-corrected chi connectivity index (χ3v) is 3.54. The van der Waals surface area contributed by atoms with E-state index in [0.29, 0.717) is 17.3 Å². The van der Waals surface area contributed by atoms with Gasteiger partial charge in [-0.1, -0.05) is 29.8 Å². The molecule has 0 atom stereocenters. The monoisotopic (exact) mass is 281 g/mol. The van der Waals surface area contributed by atoms with Crippen LogP contribution in [-0.4, -0.2) is 17.6 Å². The maximum Gasteiger partial charge on any atom is 0.311 e. The molecule has 0 bridgehead atoms. The molecule has 0 amide bonds. The molecule has 18 heavy (non-hydrogen) atoms. The summed E-state index contributed by atoms with van der Waals surface area (Å²) < 4.78 is 4.88. The third-order valence-electron chi connectivity index (χ3n) is 2.29. The van der Waals surface area contributed by atoms with E-state index < -0.39 is 0 Å². The highest BCUT2D eigenvalue weighted by Gasteiger charge is 2.11. The molecule has 0 saturated heterocycles. The number of benzene rings is 1. The molecule has 0 saturated carbocycles. The molecule has 0 spiro atoms. The van der Waals surface area contributed by atoms with Crippen molar-refractivity contribution in [2.24, 2.45) is 0 Å². The Labute approximate surface area is 114 Å². The fraction of sp³-hybridized carbons (Fsp3) is 0.231. The second kappa shape index (κ2) is 5.98. The van der Waals surface area contributed by atoms with Crippen LogP contribution >= 0.6 is 22.9 Å². The molecule has 0 aliphatic carbocycles.